The van der Waals surface area contributed by atoms with Crippen LogP contribution in [0.4, 0.5) is 4.39 Å². The topological polar surface area (TPSA) is 59.2 Å². The zero-order valence-corrected chi connectivity index (χ0v) is 16.3. The third-order valence-corrected chi connectivity index (χ3v) is 5.37. The summed E-state index contributed by atoms with van der Waals surface area (Å²) in [5, 5.41) is 4.89. The number of hydrogen-bond donors (Lipinski definition) is 0. The molecule has 0 radical (unpaired) electrons. The van der Waals surface area contributed by atoms with Crippen molar-refractivity contribution in [2.24, 2.45) is 0 Å². The predicted molar refractivity (Wildman–Crippen MR) is 104 cm³/mol. The van der Waals surface area contributed by atoms with Gasteiger partial charge in [-0.3, -0.25) is 4.79 Å². The summed E-state index contributed by atoms with van der Waals surface area (Å²) in [6.07, 6.45) is 1.41. The summed E-state index contributed by atoms with van der Waals surface area (Å²) in [7, 11) is 0. The molecule has 4 rings (SSSR count). The van der Waals surface area contributed by atoms with Gasteiger partial charge in [-0.2, -0.15) is 4.98 Å². The van der Waals surface area contributed by atoms with E-state index in [0.29, 0.717) is 58.8 Å². The highest BCUT2D eigenvalue weighted by molar-refractivity contribution is 6.36. The van der Waals surface area contributed by atoms with Crippen molar-refractivity contribution in [1.82, 2.24) is 15.0 Å². The van der Waals surface area contributed by atoms with Crippen LogP contribution in [0.15, 0.2) is 47.0 Å². The lowest BCUT2D eigenvalue weighted by atomic mass is 9.95. The summed E-state index contributed by atoms with van der Waals surface area (Å²) < 4.78 is 18.7. The number of amides is 1. The van der Waals surface area contributed by atoms with Crippen LogP contribution < -0.4 is 0 Å². The Hall–Kier alpha value is -2.44. The lowest BCUT2D eigenvalue weighted by Gasteiger charge is -2.30. The zero-order valence-electron chi connectivity index (χ0n) is 14.7. The van der Waals surface area contributed by atoms with Gasteiger partial charge in [0.05, 0.1) is 10.6 Å². The quantitative estimate of drug-likeness (QED) is 0.584. The van der Waals surface area contributed by atoms with Crippen molar-refractivity contribution in [2.45, 2.75) is 18.8 Å². The minimum atomic E-state index is -0.357. The first kappa shape index (κ1) is 18.9. The molecule has 1 aliphatic rings. The second-order valence-electron chi connectivity index (χ2n) is 6.66. The molecule has 0 saturated carbocycles. The van der Waals surface area contributed by atoms with Crippen molar-refractivity contribution >= 4 is 29.1 Å². The molecular formula is C20H16Cl2FN3O2. The van der Waals surface area contributed by atoms with Gasteiger partial charge in [0.2, 0.25) is 0 Å². The smallest absolute Gasteiger partial charge is 0.258 e. The lowest BCUT2D eigenvalue weighted by molar-refractivity contribution is 0.0711. The van der Waals surface area contributed by atoms with E-state index in [1.54, 1.807) is 35.2 Å². The molecule has 28 heavy (non-hydrogen) atoms. The Bertz CT molecular complexity index is 1020. The van der Waals surface area contributed by atoms with E-state index in [1.807, 2.05) is 0 Å². The van der Waals surface area contributed by atoms with Gasteiger partial charge in [0.1, 0.15) is 5.82 Å². The summed E-state index contributed by atoms with van der Waals surface area (Å²) in [4.78, 5) is 18.9. The molecule has 5 nitrogen and oxygen atoms in total. The van der Waals surface area contributed by atoms with Crippen LogP contribution in [-0.4, -0.2) is 34.0 Å². The van der Waals surface area contributed by atoms with Crippen LogP contribution in [0.25, 0.3) is 11.5 Å². The Kier molecular flexibility index (Phi) is 5.33. The van der Waals surface area contributed by atoms with E-state index in [-0.39, 0.29) is 17.6 Å². The SMILES string of the molecule is O=C(c1ccc(Cl)cc1Cl)N1CCC(c2noc(-c3cccc(F)c3)n2)CC1. The van der Waals surface area contributed by atoms with E-state index < -0.39 is 0 Å². The molecule has 0 spiro atoms. The maximum Gasteiger partial charge on any atom is 0.258 e. The standard InChI is InChI=1S/C20H16Cl2FN3O2/c21-14-4-5-16(17(22)11-14)20(27)26-8-6-12(7-9-26)18-24-19(28-25-18)13-2-1-3-15(23)10-13/h1-5,10-12H,6-9H2. The van der Waals surface area contributed by atoms with E-state index in [4.69, 9.17) is 27.7 Å². The van der Waals surface area contributed by atoms with Gasteiger partial charge in [0, 0.05) is 29.6 Å². The first-order chi connectivity index (χ1) is 13.5. The van der Waals surface area contributed by atoms with Gasteiger partial charge in [0.15, 0.2) is 5.82 Å². The summed E-state index contributed by atoms with van der Waals surface area (Å²) in [6, 6.07) is 10.9. The fraction of sp³-hybridized carbons (Fsp3) is 0.250. The Balaban J connectivity index is 1.42. The first-order valence-corrected chi connectivity index (χ1v) is 9.61. The number of likely N-dealkylation sites (tertiary alicyclic amines) is 1. The van der Waals surface area contributed by atoms with Crippen LogP contribution in [-0.2, 0) is 0 Å². The van der Waals surface area contributed by atoms with Gasteiger partial charge in [-0.05, 0) is 49.2 Å². The highest BCUT2D eigenvalue weighted by Gasteiger charge is 2.28. The summed E-state index contributed by atoms with van der Waals surface area (Å²) >= 11 is 12.0. The molecule has 1 saturated heterocycles. The third kappa shape index (κ3) is 3.88. The van der Waals surface area contributed by atoms with Gasteiger partial charge in [0.25, 0.3) is 11.8 Å². The molecule has 144 valence electrons. The molecule has 2 aromatic carbocycles. The maximum absolute atomic E-state index is 13.4. The molecule has 0 bridgehead atoms. The Labute approximate surface area is 171 Å². The van der Waals surface area contributed by atoms with Crippen LogP contribution in [0.3, 0.4) is 0 Å². The van der Waals surface area contributed by atoms with E-state index >= 15 is 0 Å². The van der Waals surface area contributed by atoms with Gasteiger partial charge in [-0.25, -0.2) is 4.39 Å². The predicted octanol–water partition coefficient (Wildman–Crippen LogP) is 5.20. The molecule has 0 aliphatic carbocycles. The number of carbonyl (C=O) groups excluding carboxylic acids is 1. The number of nitrogens with zero attached hydrogens (tertiary/aromatic N) is 3. The maximum atomic E-state index is 13.4. The van der Waals surface area contributed by atoms with Crippen molar-refractivity contribution in [3.8, 4) is 11.5 Å². The van der Waals surface area contributed by atoms with Crippen LogP contribution in [0.5, 0.6) is 0 Å². The average molecular weight is 420 g/mol. The van der Waals surface area contributed by atoms with Gasteiger partial charge < -0.3 is 9.42 Å². The van der Waals surface area contributed by atoms with Gasteiger partial charge in [-0.1, -0.05) is 34.4 Å². The monoisotopic (exact) mass is 419 g/mol. The first-order valence-electron chi connectivity index (χ1n) is 8.85. The van der Waals surface area contributed by atoms with Crippen molar-refractivity contribution in [2.75, 3.05) is 13.1 Å². The normalized spacial score (nSPS) is 15.0. The van der Waals surface area contributed by atoms with E-state index in [1.165, 1.54) is 12.1 Å². The average Bonchev–Trinajstić information content (AvgIpc) is 3.18. The fourth-order valence-corrected chi connectivity index (χ4v) is 3.80. The highest BCUT2D eigenvalue weighted by Crippen LogP contribution is 2.30. The minimum absolute atomic E-state index is 0.0794. The van der Waals surface area contributed by atoms with Crippen LogP contribution in [0, 0.1) is 5.82 Å². The second kappa shape index (κ2) is 7.89. The molecule has 0 unspecified atom stereocenters. The molecular weight excluding hydrogens is 404 g/mol. The van der Waals surface area contributed by atoms with E-state index in [9.17, 15) is 9.18 Å². The van der Waals surface area contributed by atoms with Crippen molar-refractivity contribution in [3.63, 3.8) is 0 Å². The van der Waals surface area contributed by atoms with Crippen molar-refractivity contribution in [1.29, 1.82) is 0 Å². The van der Waals surface area contributed by atoms with Gasteiger partial charge in [-0.15, -0.1) is 0 Å². The second-order valence-corrected chi connectivity index (χ2v) is 7.50. The zero-order chi connectivity index (χ0) is 19.7. The lowest BCUT2D eigenvalue weighted by Crippen LogP contribution is -2.38. The number of benzene rings is 2. The summed E-state index contributed by atoms with van der Waals surface area (Å²) in [5.41, 5.74) is 0.987. The van der Waals surface area contributed by atoms with Crippen molar-refractivity contribution in [3.05, 3.63) is 69.7 Å². The molecule has 8 heteroatoms. The summed E-state index contributed by atoms with van der Waals surface area (Å²) in [5.74, 6) is 0.478. The van der Waals surface area contributed by atoms with Crippen LogP contribution >= 0.6 is 23.2 Å². The number of carbonyl (C=O) groups is 1. The number of hydrogen-bond acceptors (Lipinski definition) is 4. The molecule has 1 fully saturated rings. The van der Waals surface area contributed by atoms with Crippen LogP contribution in [0.1, 0.15) is 34.9 Å². The third-order valence-electron chi connectivity index (χ3n) is 4.82. The minimum Gasteiger partial charge on any atom is -0.339 e. The van der Waals surface area contributed by atoms with Crippen molar-refractivity contribution < 1.29 is 13.7 Å². The number of halogens is 3. The molecule has 0 atom stereocenters. The van der Waals surface area contributed by atoms with Gasteiger partial charge >= 0.3 is 0 Å². The Morgan fingerprint density at radius 1 is 1.14 bits per heavy atom. The molecule has 0 N–H and O–H groups in total. The van der Waals surface area contributed by atoms with E-state index in [0.717, 1.165) is 0 Å². The molecule has 2 heterocycles. The Morgan fingerprint density at radius 3 is 2.64 bits per heavy atom. The summed E-state index contributed by atoms with van der Waals surface area (Å²) in [6.45, 7) is 1.12. The molecule has 1 amide bonds. The fourth-order valence-electron chi connectivity index (χ4n) is 3.31. The number of aromatic nitrogens is 2. The molecule has 3 aromatic rings. The number of piperidine rings is 1. The Morgan fingerprint density at radius 2 is 1.93 bits per heavy atom. The number of rotatable bonds is 3. The molecule has 1 aliphatic heterocycles. The van der Waals surface area contributed by atoms with Crippen LogP contribution in [0.2, 0.25) is 10.0 Å². The highest BCUT2D eigenvalue weighted by atomic mass is 35.5. The van der Waals surface area contributed by atoms with E-state index in [2.05, 4.69) is 10.1 Å². The largest absolute Gasteiger partial charge is 0.339 e. The molecule has 1 aromatic heterocycles.